The van der Waals surface area contributed by atoms with Crippen LogP contribution in [0.2, 0.25) is 0 Å². The summed E-state index contributed by atoms with van der Waals surface area (Å²) >= 11 is 0. The fraction of sp³-hybridized carbons (Fsp3) is 1.00. The van der Waals surface area contributed by atoms with Crippen LogP contribution in [0.1, 0.15) is 19.3 Å². The molecule has 0 saturated carbocycles. The average Bonchev–Trinajstić information content (AvgIpc) is 2.16. The van der Waals surface area contributed by atoms with Crippen LogP contribution in [0, 0.1) is 0 Å². The van der Waals surface area contributed by atoms with E-state index in [1.165, 1.54) is 0 Å². The van der Waals surface area contributed by atoms with Crippen molar-refractivity contribution >= 4 is 0 Å². The van der Waals surface area contributed by atoms with E-state index in [0.29, 0.717) is 12.8 Å². The van der Waals surface area contributed by atoms with Gasteiger partial charge in [-0.15, -0.1) is 0 Å². The molecule has 3 nitrogen and oxygen atoms in total. The molecular formula is C9H17F2NO2. The second-order valence-electron chi connectivity index (χ2n) is 3.51. The largest absolute Gasteiger partial charge is 0.396 e. The van der Waals surface area contributed by atoms with Gasteiger partial charge in [-0.3, -0.25) is 0 Å². The standard InChI is InChI=1S/C9H17F2NO2/c10-9(11)14-8-2-5-12(6-3-8)4-1-7-13/h8-9,13H,1-7H2. The van der Waals surface area contributed by atoms with Crippen molar-refractivity contribution in [3.8, 4) is 0 Å². The van der Waals surface area contributed by atoms with Gasteiger partial charge in [-0.25, -0.2) is 0 Å². The molecule has 0 aromatic rings. The molecule has 0 atom stereocenters. The van der Waals surface area contributed by atoms with Crippen molar-refractivity contribution in [3.05, 3.63) is 0 Å². The summed E-state index contributed by atoms with van der Waals surface area (Å²) in [4.78, 5) is 2.17. The highest BCUT2D eigenvalue weighted by molar-refractivity contribution is 4.72. The van der Waals surface area contributed by atoms with Gasteiger partial charge in [-0.2, -0.15) is 8.78 Å². The van der Waals surface area contributed by atoms with Crippen molar-refractivity contribution in [1.29, 1.82) is 0 Å². The molecule has 1 aliphatic heterocycles. The maximum absolute atomic E-state index is 11.9. The van der Waals surface area contributed by atoms with E-state index in [1.54, 1.807) is 0 Å². The summed E-state index contributed by atoms with van der Waals surface area (Å²) in [6.07, 6.45) is 1.78. The van der Waals surface area contributed by atoms with Crippen LogP contribution in [0.4, 0.5) is 8.78 Å². The minimum atomic E-state index is -2.65. The Morgan fingerprint density at radius 2 is 2.00 bits per heavy atom. The molecule has 1 saturated heterocycles. The Kier molecular flexibility index (Phi) is 5.29. The number of nitrogens with zero attached hydrogens (tertiary/aromatic N) is 1. The first-order chi connectivity index (χ1) is 6.72. The van der Waals surface area contributed by atoms with E-state index >= 15 is 0 Å². The van der Waals surface area contributed by atoms with Crippen LogP contribution in [0.5, 0.6) is 0 Å². The van der Waals surface area contributed by atoms with E-state index < -0.39 is 6.61 Å². The number of alkyl halides is 2. The van der Waals surface area contributed by atoms with Gasteiger partial charge in [-0.1, -0.05) is 0 Å². The molecule has 0 aromatic carbocycles. The van der Waals surface area contributed by atoms with Crippen LogP contribution in [-0.4, -0.2) is 49.0 Å². The Balaban J connectivity index is 2.11. The molecule has 1 heterocycles. The van der Waals surface area contributed by atoms with E-state index in [1.807, 2.05) is 0 Å². The van der Waals surface area contributed by atoms with Gasteiger partial charge in [0.25, 0.3) is 0 Å². The van der Waals surface area contributed by atoms with Gasteiger partial charge in [0, 0.05) is 26.2 Å². The van der Waals surface area contributed by atoms with Crippen molar-refractivity contribution in [1.82, 2.24) is 4.90 Å². The van der Waals surface area contributed by atoms with Crippen LogP contribution < -0.4 is 0 Å². The zero-order valence-electron chi connectivity index (χ0n) is 8.16. The number of rotatable bonds is 5. The molecule has 84 valence electrons. The van der Waals surface area contributed by atoms with E-state index in [-0.39, 0.29) is 12.7 Å². The lowest BCUT2D eigenvalue weighted by Gasteiger charge is -2.31. The number of hydrogen-bond acceptors (Lipinski definition) is 3. The van der Waals surface area contributed by atoms with Gasteiger partial charge in [0.05, 0.1) is 6.10 Å². The highest BCUT2D eigenvalue weighted by atomic mass is 19.3. The van der Waals surface area contributed by atoms with E-state index in [9.17, 15) is 8.78 Å². The minimum Gasteiger partial charge on any atom is -0.396 e. The molecule has 0 aromatic heterocycles. The smallest absolute Gasteiger partial charge is 0.345 e. The number of likely N-dealkylation sites (tertiary alicyclic amines) is 1. The predicted molar refractivity (Wildman–Crippen MR) is 48.3 cm³/mol. The lowest BCUT2D eigenvalue weighted by atomic mass is 10.1. The Morgan fingerprint density at radius 3 is 2.50 bits per heavy atom. The number of aliphatic hydroxyl groups is 1. The van der Waals surface area contributed by atoms with E-state index in [2.05, 4.69) is 9.64 Å². The molecule has 1 rings (SSSR count). The van der Waals surface area contributed by atoms with Crippen LogP contribution in [0.3, 0.4) is 0 Å². The topological polar surface area (TPSA) is 32.7 Å². The molecule has 1 aliphatic rings. The van der Waals surface area contributed by atoms with Crippen molar-refractivity contribution in [2.24, 2.45) is 0 Å². The van der Waals surface area contributed by atoms with Crippen molar-refractivity contribution in [2.45, 2.75) is 32.0 Å². The molecule has 1 fully saturated rings. The molecule has 0 radical (unpaired) electrons. The lowest BCUT2D eigenvalue weighted by molar-refractivity contribution is -0.172. The van der Waals surface area contributed by atoms with E-state index in [0.717, 1.165) is 26.1 Å². The normalized spacial score (nSPS) is 20.6. The fourth-order valence-corrected chi connectivity index (χ4v) is 1.71. The molecule has 0 amide bonds. The van der Waals surface area contributed by atoms with Crippen LogP contribution in [0.15, 0.2) is 0 Å². The van der Waals surface area contributed by atoms with E-state index in [4.69, 9.17) is 5.11 Å². The Hall–Kier alpha value is -0.260. The first kappa shape index (κ1) is 11.8. The summed E-state index contributed by atoms with van der Waals surface area (Å²) in [6, 6.07) is 0. The Labute approximate surface area is 82.7 Å². The number of aliphatic hydroxyl groups excluding tert-OH is 1. The SMILES string of the molecule is OCCCN1CCC(OC(F)F)CC1. The summed E-state index contributed by atoms with van der Waals surface area (Å²) in [5.41, 5.74) is 0. The monoisotopic (exact) mass is 209 g/mol. The van der Waals surface area contributed by atoms with Gasteiger partial charge in [0.15, 0.2) is 0 Å². The zero-order valence-corrected chi connectivity index (χ0v) is 8.16. The number of piperidine rings is 1. The predicted octanol–water partition coefficient (Wildman–Crippen LogP) is 1.07. The fourth-order valence-electron chi connectivity index (χ4n) is 1.71. The Bertz CT molecular complexity index is 150. The molecular weight excluding hydrogens is 192 g/mol. The van der Waals surface area contributed by atoms with Gasteiger partial charge in [0.1, 0.15) is 0 Å². The molecule has 0 aliphatic carbocycles. The third kappa shape index (κ3) is 4.30. The molecule has 14 heavy (non-hydrogen) atoms. The maximum atomic E-state index is 11.9. The van der Waals surface area contributed by atoms with Crippen LogP contribution in [0.25, 0.3) is 0 Å². The highest BCUT2D eigenvalue weighted by Crippen LogP contribution is 2.16. The van der Waals surface area contributed by atoms with Crippen LogP contribution >= 0.6 is 0 Å². The second-order valence-corrected chi connectivity index (χ2v) is 3.51. The van der Waals surface area contributed by atoms with Crippen molar-refractivity contribution in [3.63, 3.8) is 0 Å². The summed E-state index contributed by atoms with van der Waals surface area (Å²) in [5.74, 6) is 0. The van der Waals surface area contributed by atoms with Crippen LogP contribution in [-0.2, 0) is 4.74 Å². The first-order valence-electron chi connectivity index (χ1n) is 4.99. The minimum absolute atomic E-state index is 0.188. The lowest BCUT2D eigenvalue weighted by Crippen LogP contribution is -2.38. The molecule has 0 spiro atoms. The summed E-state index contributed by atoms with van der Waals surface area (Å²) in [6.45, 7) is -0.0378. The highest BCUT2D eigenvalue weighted by Gasteiger charge is 2.21. The van der Waals surface area contributed by atoms with Gasteiger partial charge in [-0.05, 0) is 19.3 Å². The number of hydrogen-bond donors (Lipinski definition) is 1. The number of halogens is 2. The third-order valence-electron chi connectivity index (χ3n) is 2.46. The second kappa shape index (κ2) is 6.27. The Morgan fingerprint density at radius 1 is 1.36 bits per heavy atom. The maximum Gasteiger partial charge on any atom is 0.345 e. The van der Waals surface area contributed by atoms with Gasteiger partial charge < -0.3 is 14.7 Å². The molecule has 0 unspecified atom stereocenters. The summed E-state index contributed by atoms with van der Waals surface area (Å²) in [7, 11) is 0. The summed E-state index contributed by atoms with van der Waals surface area (Å²) < 4.78 is 28.1. The molecule has 1 N–H and O–H groups in total. The van der Waals surface area contributed by atoms with Crippen molar-refractivity contribution < 1.29 is 18.6 Å². The summed E-state index contributed by atoms with van der Waals surface area (Å²) in [5, 5.41) is 8.62. The van der Waals surface area contributed by atoms with Gasteiger partial charge in [0.2, 0.25) is 0 Å². The number of ether oxygens (including phenoxy) is 1. The van der Waals surface area contributed by atoms with Gasteiger partial charge >= 0.3 is 6.61 Å². The third-order valence-corrected chi connectivity index (χ3v) is 2.46. The van der Waals surface area contributed by atoms with Crippen molar-refractivity contribution in [2.75, 3.05) is 26.2 Å². The molecule has 0 bridgehead atoms. The average molecular weight is 209 g/mol. The molecule has 5 heteroatoms. The first-order valence-corrected chi connectivity index (χ1v) is 4.99. The quantitative estimate of drug-likeness (QED) is 0.735. The zero-order chi connectivity index (χ0) is 10.4.